The highest BCUT2D eigenvalue weighted by molar-refractivity contribution is 6.09. The van der Waals surface area contributed by atoms with E-state index in [4.69, 9.17) is 21.5 Å². The maximum absolute atomic E-state index is 7.97. The van der Waals surface area contributed by atoms with Crippen LogP contribution in [0.15, 0.2) is 176 Å². The van der Waals surface area contributed by atoms with Crippen LogP contribution in [-0.2, 0) is 5.41 Å². The van der Waals surface area contributed by atoms with Crippen LogP contribution in [0, 0.1) is 6.57 Å². The summed E-state index contributed by atoms with van der Waals surface area (Å²) < 4.78 is 0. The van der Waals surface area contributed by atoms with E-state index >= 15 is 0 Å². The Kier molecular flexibility index (Phi) is 8.13. The molecule has 1 aliphatic carbocycles. The first-order valence-corrected chi connectivity index (χ1v) is 19.1. The van der Waals surface area contributed by atoms with Crippen LogP contribution in [0.2, 0.25) is 0 Å². The van der Waals surface area contributed by atoms with Crippen molar-refractivity contribution >= 4 is 16.5 Å². The van der Waals surface area contributed by atoms with Gasteiger partial charge in [-0.3, -0.25) is 4.98 Å². The molecule has 57 heavy (non-hydrogen) atoms. The highest BCUT2D eigenvalue weighted by atomic mass is 15.0. The first-order valence-electron chi connectivity index (χ1n) is 19.1. The Balaban J connectivity index is 1.14. The number of aromatic nitrogens is 4. The molecular formula is C52H35N5. The average molecular weight is 730 g/mol. The summed E-state index contributed by atoms with van der Waals surface area (Å²) in [7, 11) is 0. The Morgan fingerprint density at radius 3 is 1.72 bits per heavy atom. The first-order chi connectivity index (χ1) is 27.9. The van der Waals surface area contributed by atoms with Crippen LogP contribution in [0.5, 0.6) is 0 Å². The molecule has 0 unspecified atom stereocenters. The minimum atomic E-state index is -0.266. The maximum Gasteiger partial charge on any atom is 0.195 e. The number of rotatable bonds is 6. The van der Waals surface area contributed by atoms with Crippen molar-refractivity contribution in [2.45, 2.75) is 19.3 Å². The molecule has 0 radical (unpaired) electrons. The number of hydrogen-bond donors (Lipinski definition) is 0. The summed E-state index contributed by atoms with van der Waals surface area (Å²) in [6.07, 6.45) is 3.69. The minimum Gasteiger partial charge on any atom is -0.264 e. The number of pyridine rings is 1. The highest BCUT2D eigenvalue weighted by Crippen LogP contribution is 2.53. The fourth-order valence-electron chi connectivity index (χ4n) is 8.27. The van der Waals surface area contributed by atoms with E-state index in [-0.39, 0.29) is 5.41 Å². The Labute approximate surface area is 331 Å². The number of hydrogen-bond acceptors (Lipinski definition) is 4. The van der Waals surface area contributed by atoms with Crippen LogP contribution < -0.4 is 0 Å². The maximum atomic E-state index is 7.97. The molecule has 0 N–H and O–H groups in total. The summed E-state index contributed by atoms with van der Waals surface area (Å²) in [6.45, 7) is 12.5. The van der Waals surface area contributed by atoms with Crippen LogP contribution in [0.3, 0.4) is 0 Å². The molecule has 9 aromatic rings. The van der Waals surface area contributed by atoms with Crippen LogP contribution >= 0.6 is 0 Å². The van der Waals surface area contributed by atoms with E-state index in [9.17, 15) is 0 Å². The lowest BCUT2D eigenvalue weighted by atomic mass is 9.81. The van der Waals surface area contributed by atoms with Gasteiger partial charge in [0.25, 0.3) is 0 Å². The fraction of sp³-hybridized carbons (Fsp3) is 0.0577. The van der Waals surface area contributed by atoms with Crippen molar-refractivity contribution in [1.29, 1.82) is 0 Å². The molecule has 0 aliphatic heterocycles. The van der Waals surface area contributed by atoms with Gasteiger partial charge in [-0.05, 0) is 91.2 Å². The third-order valence-corrected chi connectivity index (χ3v) is 11.2. The van der Waals surface area contributed by atoms with E-state index in [0.29, 0.717) is 23.2 Å². The third-order valence-electron chi connectivity index (χ3n) is 11.2. The molecule has 0 saturated heterocycles. The largest absolute Gasteiger partial charge is 0.264 e. The predicted octanol–water partition coefficient (Wildman–Crippen LogP) is 13.3. The molecule has 0 fully saturated rings. The Bertz CT molecular complexity index is 3020. The zero-order valence-corrected chi connectivity index (χ0v) is 31.5. The SMILES string of the molecule is [C-]#[N+]c1cccc2ccc3c(c12)-c1ccc(-c2cc(-c4cccnc4)cc(-c4nc(-c5ccccc5)nc(-c5ccc(-c6ccccc6)cc5)n4)c2)cc1C3(C)C. The number of nitrogens with zero attached hydrogens (tertiary/aromatic N) is 5. The molecule has 0 bridgehead atoms. The Hall–Kier alpha value is -7.55. The second kappa shape index (κ2) is 13.6. The van der Waals surface area contributed by atoms with Gasteiger partial charge in [0.2, 0.25) is 0 Å². The predicted molar refractivity (Wildman–Crippen MR) is 232 cm³/mol. The van der Waals surface area contributed by atoms with Gasteiger partial charge >= 0.3 is 0 Å². The minimum absolute atomic E-state index is 0.266. The molecule has 0 amide bonds. The lowest BCUT2D eigenvalue weighted by Gasteiger charge is -2.22. The molecule has 5 heteroatoms. The second-order valence-electron chi connectivity index (χ2n) is 15.0. The number of benzene rings is 7. The van der Waals surface area contributed by atoms with Crippen molar-refractivity contribution in [2.75, 3.05) is 0 Å². The third kappa shape index (κ3) is 5.96. The van der Waals surface area contributed by atoms with Crippen LogP contribution in [0.1, 0.15) is 25.0 Å². The van der Waals surface area contributed by atoms with Gasteiger partial charge in [-0.1, -0.05) is 147 Å². The quantitative estimate of drug-likeness (QED) is 0.160. The molecule has 0 spiro atoms. The fourth-order valence-corrected chi connectivity index (χ4v) is 8.27. The molecule has 268 valence electrons. The van der Waals surface area contributed by atoms with Gasteiger partial charge in [-0.15, -0.1) is 0 Å². The molecule has 0 saturated carbocycles. The average Bonchev–Trinajstić information content (AvgIpc) is 3.52. The van der Waals surface area contributed by atoms with Gasteiger partial charge in [-0.2, -0.15) is 0 Å². The van der Waals surface area contributed by atoms with E-state index in [1.165, 1.54) is 22.3 Å². The standard InChI is InChI=1S/C52H35N5/c1-52(2)44-26-24-35-16-10-18-46(53-3)47(35)48(44)43-25-23-38(31-45(43)52)40-28-41(39-17-11-27-54-32-39)30-42(29-40)51-56-49(36-14-8-5-9-15-36)55-50(57-51)37-21-19-34(20-22-37)33-12-6-4-7-13-33/h4-32H,1-2H3. The number of fused-ring (bicyclic) bond motifs is 5. The van der Waals surface area contributed by atoms with E-state index in [0.717, 1.165) is 60.8 Å². The lowest BCUT2D eigenvalue weighted by molar-refractivity contribution is 0.661. The second-order valence-corrected chi connectivity index (χ2v) is 15.0. The van der Waals surface area contributed by atoms with Crippen molar-refractivity contribution in [1.82, 2.24) is 19.9 Å². The highest BCUT2D eigenvalue weighted by Gasteiger charge is 2.37. The van der Waals surface area contributed by atoms with Gasteiger partial charge in [0.1, 0.15) is 0 Å². The zero-order valence-electron chi connectivity index (χ0n) is 31.5. The monoisotopic (exact) mass is 729 g/mol. The summed E-state index contributed by atoms with van der Waals surface area (Å²) >= 11 is 0. The smallest absolute Gasteiger partial charge is 0.195 e. The summed E-state index contributed by atoms with van der Waals surface area (Å²) in [5.41, 5.74) is 14.4. The molecule has 7 aromatic carbocycles. The summed E-state index contributed by atoms with van der Waals surface area (Å²) in [5, 5.41) is 2.11. The summed E-state index contributed by atoms with van der Waals surface area (Å²) in [4.78, 5) is 23.7. The summed E-state index contributed by atoms with van der Waals surface area (Å²) in [5.74, 6) is 1.80. The molecule has 5 nitrogen and oxygen atoms in total. The normalized spacial score (nSPS) is 12.5. The van der Waals surface area contributed by atoms with E-state index in [1.54, 1.807) is 6.20 Å². The summed E-state index contributed by atoms with van der Waals surface area (Å²) in [6, 6.07) is 56.7. The van der Waals surface area contributed by atoms with Crippen molar-refractivity contribution in [3.05, 3.63) is 199 Å². The van der Waals surface area contributed by atoms with Crippen molar-refractivity contribution in [3.8, 4) is 78.7 Å². The van der Waals surface area contributed by atoms with Crippen LogP contribution in [-0.4, -0.2) is 19.9 Å². The molecular weight excluding hydrogens is 695 g/mol. The van der Waals surface area contributed by atoms with E-state index in [2.05, 4.69) is 133 Å². The molecule has 10 rings (SSSR count). The zero-order chi connectivity index (χ0) is 38.5. The van der Waals surface area contributed by atoms with Gasteiger partial charge in [0, 0.05) is 40.1 Å². The molecule has 2 heterocycles. The molecule has 0 atom stereocenters. The van der Waals surface area contributed by atoms with Crippen molar-refractivity contribution in [3.63, 3.8) is 0 Å². The lowest BCUT2D eigenvalue weighted by Crippen LogP contribution is -2.15. The van der Waals surface area contributed by atoms with Crippen molar-refractivity contribution < 1.29 is 0 Å². The van der Waals surface area contributed by atoms with Gasteiger partial charge in [-0.25, -0.2) is 19.8 Å². The van der Waals surface area contributed by atoms with E-state index < -0.39 is 0 Å². The Morgan fingerprint density at radius 1 is 0.456 bits per heavy atom. The Morgan fingerprint density at radius 2 is 1.04 bits per heavy atom. The molecule has 2 aromatic heterocycles. The first kappa shape index (κ1) is 34.0. The van der Waals surface area contributed by atoms with Gasteiger partial charge < -0.3 is 0 Å². The molecule has 1 aliphatic rings. The van der Waals surface area contributed by atoms with Gasteiger partial charge in [0.15, 0.2) is 23.2 Å². The van der Waals surface area contributed by atoms with Crippen molar-refractivity contribution in [2.24, 2.45) is 0 Å². The van der Waals surface area contributed by atoms with E-state index in [1.807, 2.05) is 60.8 Å². The van der Waals surface area contributed by atoms with Crippen LogP contribution in [0.25, 0.3) is 94.3 Å². The topological polar surface area (TPSA) is 55.9 Å². The van der Waals surface area contributed by atoms with Gasteiger partial charge in [0.05, 0.1) is 6.57 Å². The van der Waals surface area contributed by atoms with Crippen LogP contribution in [0.4, 0.5) is 5.69 Å².